The van der Waals surface area contributed by atoms with Crippen molar-refractivity contribution < 1.29 is 13.3 Å². The van der Waals surface area contributed by atoms with Crippen molar-refractivity contribution in [1.29, 1.82) is 0 Å². The van der Waals surface area contributed by atoms with Gasteiger partial charge in [-0.15, -0.1) is 0 Å². The second-order valence-corrected chi connectivity index (χ2v) is 4.48. The Balaban J connectivity index is 3.40. The second kappa shape index (κ2) is 4.05. The van der Waals surface area contributed by atoms with Crippen molar-refractivity contribution in [3.63, 3.8) is 0 Å². The highest BCUT2D eigenvalue weighted by molar-refractivity contribution is 7.89. The van der Waals surface area contributed by atoms with Crippen LogP contribution in [0.3, 0.4) is 0 Å². The van der Waals surface area contributed by atoms with E-state index in [9.17, 15) is 8.42 Å². The first-order valence-corrected chi connectivity index (χ1v) is 5.61. The molecule has 7 heteroatoms. The normalized spacial score (nSPS) is 11.4. The van der Waals surface area contributed by atoms with Crippen molar-refractivity contribution in [2.75, 3.05) is 25.0 Å². The predicted octanol–water partition coefficient (Wildman–Crippen LogP) is -0.0862. The van der Waals surface area contributed by atoms with Crippen LogP contribution < -0.4 is 15.9 Å². The summed E-state index contributed by atoms with van der Waals surface area (Å²) in [6.07, 6.45) is 0. The third kappa shape index (κ3) is 2.58. The van der Waals surface area contributed by atoms with Crippen LogP contribution in [0.25, 0.3) is 0 Å². The van der Waals surface area contributed by atoms with Crippen molar-refractivity contribution in [2.45, 2.75) is 4.90 Å². The fraction of sp³-hybridized carbons (Fsp3) is 0.250. The number of nitrogens with zero attached hydrogens (tertiary/aromatic N) is 1. The summed E-state index contributed by atoms with van der Waals surface area (Å²) in [4.78, 5) is 4.82. The number of nitrogens with two attached hydrogens (primary N) is 2. The zero-order valence-electron chi connectivity index (χ0n) is 8.47. The van der Waals surface area contributed by atoms with Gasteiger partial charge in [0.2, 0.25) is 10.0 Å². The molecular weight excluding hydrogens is 218 g/mol. The number of hydrogen-bond acceptors (Lipinski definition) is 5. The fourth-order valence-electron chi connectivity index (χ4n) is 1.12. The molecule has 0 saturated carbocycles. The lowest BCUT2D eigenvalue weighted by atomic mass is 10.3. The molecule has 0 saturated heterocycles. The Hall–Kier alpha value is -1.31. The average molecular weight is 231 g/mol. The lowest BCUT2D eigenvalue weighted by Crippen LogP contribution is -2.21. The van der Waals surface area contributed by atoms with Gasteiger partial charge in [0.05, 0.1) is 12.8 Å². The average Bonchev–Trinajstić information content (AvgIpc) is 2.15. The van der Waals surface area contributed by atoms with E-state index in [1.807, 2.05) is 0 Å². The number of primary sulfonamides is 1. The van der Waals surface area contributed by atoms with Crippen LogP contribution in [0.2, 0.25) is 0 Å². The Morgan fingerprint density at radius 3 is 2.47 bits per heavy atom. The van der Waals surface area contributed by atoms with Crippen LogP contribution in [-0.2, 0) is 14.9 Å². The van der Waals surface area contributed by atoms with Crippen LogP contribution in [0.5, 0.6) is 0 Å². The zero-order chi connectivity index (χ0) is 11.6. The molecule has 0 heterocycles. The van der Waals surface area contributed by atoms with E-state index in [0.717, 1.165) is 0 Å². The molecule has 0 bridgehead atoms. The highest BCUT2D eigenvalue weighted by Crippen LogP contribution is 2.25. The molecule has 0 aromatic heterocycles. The van der Waals surface area contributed by atoms with Crippen LogP contribution in [0, 0.1) is 0 Å². The van der Waals surface area contributed by atoms with Crippen LogP contribution in [0.1, 0.15) is 0 Å². The molecule has 0 atom stereocenters. The number of anilines is 2. The van der Waals surface area contributed by atoms with E-state index >= 15 is 0 Å². The Morgan fingerprint density at radius 1 is 1.40 bits per heavy atom. The molecular formula is C8H13N3O3S. The van der Waals surface area contributed by atoms with Crippen molar-refractivity contribution in [3.8, 4) is 0 Å². The monoisotopic (exact) mass is 231 g/mol. The van der Waals surface area contributed by atoms with Gasteiger partial charge in [-0.05, 0) is 18.2 Å². The molecule has 0 aliphatic heterocycles. The SMILES string of the molecule is CON(C)c1ccc(N)cc1S(N)(=O)=O. The van der Waals surface area contributed by atoms with Gasteiger partial charge in [0.1, 0.15) is 4.90 Å². The molecule has 0 amide bonds. The maximum absolute atomic E-state index is 11.3. The molecule has 0 aliphatic carbocycles. The first-order chi connectivity index (χ1) is 6.86. The third-order valence-corrected chi connectivity index (χ3v) is 2.84. The lowest BCUT2D eigenvalue weighted by molar-refractivity contribution is 0.183. The summed E-state index contributed by atoms with van der Waals surface area (Å²) in [5, 5.41) is 6.34. The fourth-order valence-corrected chi connectivity index (χ4v) is 1.91. The van der Waals surface area contributed by atoms with Gasteiger partial charge < -0.3 is 5.73 Å². The smallest absolute Gasteiger partial charge is 0.240 e. The minimum Gasteiger partial charge on any atom is -0.399 e. The maximum atomic E-state index is 11.3. The molecule has 15 heavy (non-hydrogen) atoms. The van der Waals surface area contributed by atoms with E-state index in [-0.39, 0.29) is 4.90 Å². The van der Waals surface area contributed by atoms with Gasteiger partial charge in [-0.2, -0.15) is 0 Å². The van der Waals surface area contributed by atoms with E-state index in [0.29, 0.717) is 11.4 Å². The Kier molecular flexibility index (Phi) is 3.18. The van der Waals surface area contributed by atoms with Gasteiger partial charge in [-0.25, -0.2) is 13.6 Å². The number of benzene rings is 1. The van der Waals surface area contributed by atoms with E-state index < -0.39 is 10.0 Å². The standard InChI is InChI=1S/C8H13N3O3S/c1-11(14-2)7-4-3-6(9)5-8(7)15(10,12)13/h3-5H,9H2,1-2H3,(H2,10,12,13). The molecule has 0 aliphatic rings. The van der Waals surface area contributed by atoms with Gasteiger partial charge >= 0.3 is 0 Å². The Labute approximate surface area is 88.4 Å². The topological polar surface area (TPSA) is 98.7 Å². The summed E-state index contributed by atoms with van der Waals surface area (Å²) in [6, 6.07) is 4.39. The first kappa shape index (κ1) is 11.8. The summed E-state index contributed by atoms with van der Waals surface area (Å²) < 4.78 is 22.5. The van der Waals surface area contributed by atoms with E-state index in [1.165, 1.54) is 24.3 Å². The second-order valence-electron chi connectivity index (χ2n) is 2.95. The van der Waals surface area contributed by atoms with Gasteiger partial charge in [0.15, 0.2) is 0 Å². The molecule has 1 aromatic carbocycles. The van der Waals surface area contributed by atoms with E-state index in [1.54, 1.807) is 13.1 Å². The van der Waals surface area contributed by atoms with Crippen LogP contribution in [0.15, 0.2) is 23.1 Å². The van der Waals surface area contributed by atoms with Crippen LogP contribution >= 0.6 is 0 Å². The van der Waals surface area contributed by atoms with Crippen molar-refractivity contribution in [1.82, 2.24) is 0 Å². The van der Waals surface area contributed by atoms with E-state index in [4.69, 9.17) is 15.7 Å². The van der Waals surface area contributed by atoms with Gasteiger partial charge in [-0.1, -0.05) is 0 Å². The molecule has 0 spiro atoms. The number of nitrogen functional groups attached to an aromatic ring is 1. The minimum absolute atomic E-state index is 0.0631. The summed E-state index contributed by atoms with van der Waals surface area (Å²) >= 11 is 0. The highest BCUT2D eigenvalue weighted by atomic mass is 32.2. The Bertz CT molecular complexity index is 458. The van der Waals surface area contributed by atoms with Gasteiger partial charge in [-0.3, -0.25) is 9.90 Å². The Morgan fingerprint density at radius 2 is 2.00 bits per heavy atom. The van der Waals surface area contributed by atoms with Crippen molar-refractivity contribution in [3.05, 3.63) is 18.2 Å². The third-order valence-electron chi connectivity index (χ3n) is 1.90. The molecule has 0 radical (unpaired) electrons. The quantitative estimate of drug-likeness (QED) is 0.559. The molecule has 1 rings (SSSR count). The molecule has 4 N–H and O–H groups in total. The van der Waals surface area contributed by atoms with Crippen LogP contribution in [0.4, 0.5) is 11.4 Å². The minimum atomic E-state index is -3.81. The van der Waals surface area contributed by atoms with Crippen LogP contribution in [-0.4, -0.2) is 22.6 Å². The number of sulfonamides is 1. The largest absolute Gasteiger partial charge is 0.399 e. The number of rotatable bonds is 3. The van der Waals surface area contributed by atoms with Crippen molar-refractivity contribution in [2.24, 2.45) is 5.14 Å². The van der Waals surface area contributed by atoms with Gasteiger partial charge in [0.25, 0.3) is 0 Å². The molecule has 0 fully saturated rings. The van der Waals surface area contributed by atoms with E-state index in [2.05, 4.69) is 0 Å². The molecule has 0 unspecified atom stereocenters. The number of hydroxylamine groups is 1. The maximum Gasteiger partial charge on any atom is 0.240 e. The summed E-state index contributed by atoms with van der Waals surface area (Å²) in [6.45, 7) is 0. The highest BCUT2D eigenvalue weighted by Gasteiger charge is 2.17. The predicted molar refractivity (Wildman–Crippen MR) is 57.6 cm³/mol. The molecule has 6 nitrogen and oxygen atoms in total. The molecule has 84 valence electrons. The lowest BCUT2D eigenvalue weighted by Gasteiger charge is -2.18. The summed E-state index contributed by atoms with van der Waals surface area (Å²) in [5.41, 5.74) is 6.15. The summed E-state index contributed by atoms with van der Waals surface area (Å²) in [5.74, 6) is 0. The number of hydrogen-bond donors (Lipinski definition) is 2. The summed E-state index contributed by atoms with van der Waals surface area (Å²) in [7, 11) is -0.823. The zero-order valence-corrected chi connectivity index (χ0v) is 9.28. The first-order valence-electron chi connectivity index (χ1n) is 4.06. The van der Waals surface area contributed by atoms with Gasteiger partial charge in [0, 0.05) is 12.7 Å². The van der Waals surface area contributed by atoms with Crippen molar-refractivity contribution >= 4 is 21.4 Å². The molecule has 1 aromatic rings.